The van der Waals surface area contributed by atoms with Crippen molar-refractivity contribution < 1.29 is 22.7 Å². The molecule has 29 heavy (non-hydrogen) atoms. The van der Waals surface area contributed by atoms with Crippen LogP contribution in [0, 0.1) is 0 Å². The lowest BCUT2D eigenvalue weighted by Crippen LogP contribution is -2.49. The van der Waals surface area contributed by atoms with Crippen LogP contribution >= 0.6 is 0 Å². The van der Waals surface area contributed by atoms with Gasteiger partial charge in [0.1, 0.15) is 17.5 Å². The van der Waals surface area contributed by atoms with Crippen LogP contribution in [-0.4, -0.2) is 40.8 Å². The summed E-state index contributed by atoms with van der Waals surface area (Å²) in [6.07, 6.45) is 1.39. The molecule has 7 nitrogen and oxygen atoms in total. The van der Waals surface area contributed by atoms with E-state index in [2.05, 4.69) is 5.32 Å². The van der Waals surface area contributed by atoms with E-state index in [4.69, 9.17) is 9.47 Å². The summed E-state index contributed by atoms with van der Waals surface area (Å²) in [6, 6.07) is 12.8. The molecular weight excluding hydrogens is 392 g/mol. The van der Waals surface area contributed by atoms with Gasteiger partial charge >= 0.3 is 0 Å². The lowest BCUT2D eigenvalue weighted by atomic mass is 10.1. The zero-order valence-corrected chi connectivity index (χ0v) is 18.2. The Morgan fingerprint density at radius 3 is 2.38 bits per heavy atom. The highest BCUT2D eigenvalue weighted by atomic mass is 32.2. The van der Waals surface area contributed by atoms with Crippen LogP contribution in [-0.2, 0) is 14.8 Å². The molecule has 8 heteroatoms. The molecule has 0 aliphatic rings. The van der Waals surface area contributed by atoms with E-state index in [9.17, 15) is 13.2 Å². The van der Waals surface area contributed by atoms with Crippen LogP contribution in [0.4, 0.5) is 5.69 Å². The molecule has 1 amide bonds. The van der Waals surface area contributed by atoms with E-state index in [0.29, 0.717) is 23.6 Å². The van der Waals surface area contributed by atoms with Crippen molar-refractivity contribution in [3.63, 3.8) is 0 Å². The van der Waals surface area contributed by atoms with E-state index >= 15 is 0 Å². The van der Waals surface area contributed by atoms with Crippen LogP contribution in [0.5, 0.6) is 11.5 Å². The fourth-order valence-corrected chi connectivity index (χ4v) is 4.42. The van der Waals surface area contributed by atoms with Crippen molar-refractivity contribution in [1.82, 2.24) is 5.32 Å². The number of methoxy groups -OCH3 is 2. The predicted molar refractivity (Wildman–Crippen MR) is 114 cm³/mol. The topological polar surface area (TPSA) is 84.9 Å². The zero-order chi connectivity index (χ0) is 21.6. The summed E-state index contributed by atoms with van der Waals surface area (Å²) in [5.41, 5.74) is 1.18. The Balaban J connectivity index is 2.35. The summed E-state index contributed by atoms with van der Waals surface area (Å²) in [5, 5.41) is 2.92. The minimum absolute atomic E-state index is 0.300. The third-order valence-corrected chi connectivity index (χ3v) is 5.78. The standard InChI is InChI=1S/C21H28N2O5S/c1-6-19(21(24)22-15(2)18-12-7-8-13-20(18)28-4)23(29(5,25)26)16-10-9-11-17(14-16)27-3/h7-15,19H,6H2,1-5H3,(H,22,24)/t15-,19-/m0/s1. The Morgan fingerprint density at radius 2 is 1.79 bits per heavy atom. The van der Waals surface area contributed by atoms with Gasteiger partial charge in [-0.05, 0) is 31.5 Å². The summed E-state index contributed by atoms with van der Waals surface area (Å²) < 4.78 is 36.9. The van der Waals surface area contributed by atoms with Gasteiger partial charge in [-0.2, -0.15) is 0 Å². The Kier molecular flexibility index (Phi) is 7.50. The molecule has 1 N–H and O–H groups in total. The summed E-state index contributed by atoms with van der Waals surface area (Å²) in [7, 11) is -0.652. The highest BCUT2D eigenvalue weighted by Gasteiger charge is 2.32. The molecule has 0 spiro atoms. The minimum Gasteiger partial charge on any atom is -0.497 e. The third-order valence-electron chi connectivity index (χ3n) is 4.60. The second-order valence-electron chi connectivity index (χ2n) is 6.66. The number of benzene rings is 2. The van der Waals surface area contributed by atoms with Crippen molar-refractivity contribution in [2.24, 2.45) is 0 Å². The molecule has 0 unspecified atom stereocenters. The van der Waals surface area contributed by atoms with Crippen LogP contribution in [0.2, 0.25) is 0 Å². The van der Waals surface area contributed by atoms with Crippen LogP contribution < -0.4 is 19.1 Å². The number of amides is 1. The van der Waals surface area contributed by atoms with E-state index in [-0.39, 0.29) is 11.9 Å². The maximum Gasteiger partial charge on any atom is 0.244 e. The van der Waals surface area contributed by atoms with E-state index in [1.54, 1.807) is 38.3 Å². The van der Waals surface area contributed by atoms with Gasteiger partial charge in [-0.1, -0.05) is 31.2 Å². The quantitative estimate of drug-likeness (QED) is 0.674. The lowest BCUT2D eigenvalue weighted by molar-refractivity contribution is -0.122. The maximum absolute atomic E-state index is 13.1. The van der Waals surface area contributed by atoms with Gasteiger partial charge in [0.15, 0.2) is 0 Å². The zero-order valence-electron chi connectivity index (χ0n) is 17.4. The number of hydrogen-bond acceptors (Lipinski definition) is 5. The summed E-state index contributed by atoms with van der Waals surface area (Å²) >= 11 is 0. The number of carbonyl (C=O) groups excluding carboxylic acids is 1. The SMILES string of the molecule is CC[C@@H](C(=O)N[C@@H](C)c1ccccc1OC)N(c1cccc(OC)c1)S(C)(=O)=O. The normalized spacial score (nSPS) is 13.3. The van der Waals surface area contributed by atoms with Crippen molar-refractivity contribution in [2.45, 2.75) is 32.4 Å². The Morgan fingerprint density at radius 1 is 1.10 bits per heavy atom. The van der Waals surface area contributed by atoms with Crippen LogP contribution in [0.1, 0.15) is 31.9 Å². The van der Waals surface area contributed by atoms with Gasteiger partial charge < -0.3 is 14.8 Å². The first-order chi connectivity index (χ1) is 13.7. The van der Waals surface area contributed by atoms with E-state index in [0.717, 1.165) is 16.1 Å². The maximum atomic E-state index is 13.1. The molecule has 0 saturated carbocycles. The number of rotatable bonds is 9. The number of nitrogens with zero attached hydrogens (tertiary/aromatic N) is 1. The first-order valence-corrected chi connectivity index (χ1v) is 11.1. The van der Waals surface area contributed by atoms with Crippen molar-refractivity contribution in [3.8, 4) is 11.5 Å². The van der Waals surface area contributed by atoms with Crippen molar-refractivity contribution in [2.75, 3.05) is 24.8 Å². The van der Waals surface area contributed by atoms with Gasteiger partial charge in [-0.3, -0.25) is 9.10 Å². The molecule has 0 aliphatic carbocycles. The van der Waals surface area contributed by atoms with Crippen molar-refractivity contribution in [3.05, 3.63) is 54.1 Å². The molecule has 2 aromatic carbocycles. The molecule has 0 radical (unpaired) electrons. The number of anilines is 1. The highest BCUT2D eigenvalue weighted by molar-refractivity contribution is 7.92. The molecule has 0 aromatic heterocycles. The molecule has 2 rings (SSSR count). The van der Waals surface area contributed by atoms with Gasteiger partial charge in [0.05, 0.1) is 32.2 Å². The predicted octanol–water partition coefficient (Wildman–Crippen LogP) is 3.13. The largest absolute Gasteiger partial charge is 0.497 e. The second-order valence-corrected chi connectivity index (χ2v) is 8.52. The lowest BCUT2D eigenvalue weighted by Gasteiger charge is -2.31. The molecule has 0 aliphatic heterocycles. The van der Waals surface area contributed by atoms with Gasteiger partial charge in [0.25, 0.3) is 0 Å². The summed E-state index contributed by atoms with van der Waals surface area (Å²) in [4.78, 5) is 13.1. The summed E-state index contributed by atoms with van der Waals surface area (Å²) in [5.74, 6) is 0.772. The molecule has 0 saturated heterocycles. The molecule has 0 fully saturated rings. The molecule has 0 heterocycles. The number of nitrogens with one attached hydrogen (secondary N) is 1. The third kappa shape index (κ3) is 5.41. The van der Waals surface area contributed by atoms with Crippen LogP contribution in [0.25, 0.3) is 0 Å². The molecule has 0 bridgehead atoms. The average Bonchev–Trinajstić information content (AvgIpc) is 2.70. The smallest absolute Gasteiger partial charge is 0.244 e. The average molecular weight is 421 g/mol. The van der Waals surface area contributed by atoms with Crippen LogP contribution in [0.15, 0.2) is 48.5 Å². The van der Waals surface area contributed by atoms with E-state index in [1.165, 1.54) is 7.11 Å². The van der Waals surface area contributed by atoms with Gasteiger partial charge in [0, 0.05) is 11.6 Å². The van der Waals surface area contributed by atoms with Gasteiger partial charge in [-0.25, -0.2) is 8.42 Å². The number of ether oxygens (including phenoxy) is 2. The number of sulfonamides is 1. The van der Waals surface area contributed by atoms with Gasteiger partial charge in [0.2, 0.25) is 15.9 Å². The Labute approximate surface area is 172 Å². The van der Waals surface area contributed by atoms with Gasteiger partial charge in [-0.15, -0.1) is 0 Å². The van der Waals surface area contributed by atoms with Crippen molar-refractivity contribution >= 4 is 21.6 Å². The molecular formula is C21H28N2O5S. The first-order valence-electron chi connectivity index (χ1n) is 9.29. The van der Waals surface area contributed by atoms with E-state index < -0.39 is 16.1 Å². The second kappa shape index (κ2) is 9.65. The number of carbonyl (C=O) groups is 1. The fraction of sp³-hybridized carbons (Fsp3) is 0.381. The molecule has 2 aromatic rings. The number of hydrogen-bond donors (Lipinski definition) is 1. The van der Waals surface area contributed by atoms with Crippen molar-refractivity contribution in [1.29, 1.82) is 0 Å². The molecule has 2 atom stereocenters. The number of para-hydroxylation sites is 1. The molecule has 158 valence electrons. The Bertz CT molecular complexity index is 946. The fourth-order valence-electron chi connectivity index (χ4n) is 3.22. The summed E-state index contributed by atoms with van der Waals surface area (Å²) in [6.45, 7) is 3.61. The monoisotopic (exact) mass is 420 g/mol. The van der Waals surface area contributed by atoms with E-state index in [1.807, 2.05) is 31.2 Å². The highest BCUT2D eigenvalue weighted by Crippen LogP contribution is 2.28. The minimum atomic E-state index is -3.72. The van der Waals surface area contributed by atoms with Crippen LogP contribution in [0.3, 0.4) is 0 Å². The Hall–Kier alpha value is -2.74. The first kappa shape index (κ1) is 22.5.